The second kappa shape index (κ2) is 9.02. The molecule has 1 heterocycles. The number of methoxy groups -OCH3 is 2. The van der Waals surface area contributed by atoms with E-state index in [1.807, 2.05) is 30.5 Å². The molecule has 0 saturated heterocycles. The van der Waals surface area contributed by atoms with Gasteiger partial charge in [0.25, 0.3) is 0 Å². The quantitative estimate of drug-likeness (QED) is 0.413. The van der Waals surface area contributed by atoms with Crippen molar-refractivity contribution in [3.63, 3.8) is 0 Å². The van der Waals surface area contributed by atoms with Crippen LogP contribution in [0.3, 0.4) is 0 Å². The molecule has 1 unspecified atom stereocenters. The van der Waals surface area contributed by atoms with Gasteiger partial charge in [-0.3, -0.25) is 0 Å². The molecule has 0 aliphatic rings. The zero-order valence-corrected chi connectivity index (χ0v) is 18.4. The van der Waals surface area contributed by atoms with Gasteiger partial charge in [-0.1, -0.05) is 30.3 Å². The fourth-order valence-electron chi connectivity index (χ4n) is 3.75. The van der Waals surface area contributed by atoms with Crippen LogP contribution in [0.5, 0.6) is 11.5 Å². The van der Waals surface area contributed by atoms with Crippen LogP contribution in [0.1, 0.15) is 17.0 Å². The minimum absolute atomic E-state index is 0.0175. The standard InChI is InChI=1S/C24H23FN2O4S/c1-30-18-11-12-23(31-2)24(13-18)32(28,29)27-15-20(16-7-9-17(25)10-8-16)21-14-26-22-6-4-3-5-19(21)22/h3-14,20,26-27H,15H2,1-2H3. The maximum absolute atomic E-state index is 13.6. The molecule has 8 heteroatoms. The van der Waals surface area contributed by atoms with Gasteiger partial charge in [0.1, 0.15) is 22.2 Å². The summed E-state index contributed by atoms with van der Waals surface area (Å²) in [5.74, 6) is -0.0899. The summed E-state index contributed by atoms with van der Waals surface area (Å²) < 4.78 is 53.0. The molecule has 32 heavy (non-hydrogen) atoms. The lowest BCUT2D eigenvalue weighted by molar-refractivity contribution is 0.392. The number of hydrogen-bond donors (Lipinski definition) is 2. The van der Waals surface area contributed by atoms with Gasteiger partial charge in [0.05, 0.1) is 14.2 Å². The van der Waals surface area contributed by atoms with Gasteiger partial charge in [-0.2, -0.15) is 0 Å². The van der Waals surface area contributed by atoms with Gasteiger partial charge in [0.2, 0.25) is 10.0 Å². The Morgan fingerprint density at radius 2 is 1.75 bits per heavy atom. The molecule has 0 bridgehead atoms. The van der Waals surface area contributed by atoms with Crippen LogP contribution in [0.25, 0.3) is 10.9 Å². The smallest absolute Gasteiger partial charge is 0.244 e. The van der Waals surface area contributed by atoms with E-state index in [0.29, 0.717) is 5.75 Å². The molecular formula is C24H23FN2O4S. The Labute approximate surface area is 186 Å². The van der Waals surface area contributed by atoms with Crippen molar-refractivity contribution in [3.05, 3.63) is 89.9 Å². The summed E-state index contributed by atoms with van der Waals surface area (Å²) in [4.78, 5) is 3.21. The van der Waals surface area contributed by atoms with E-state index >= 15 is 0 Å². The molecule has 1 atom stereocenters. The minimum Gasteiger partial charge on any atom is -0.497 e. The summed E-state index contributed by atoms with van der Waals surface area (Å²) in [5, 5.41) is 0.972. The maximum atomic E-state index is 13.6. The van der Waals surface area contributed by atoms with Crippen LogP contribution in [-0.2, 0) is 10.0 Å². The highest BCUT2D eigenvalue weighted by atomic mass is 32.2. The van der Waals surface area contributed by atoms with Crippen molar-refractivity contribution in [1.29, 1.82) is 0 Å². The third kappa shape index (κ3) is 4.32. The molecule has 0 radical (unpaired) electrons. The van der Waals surface area contributed by atoms with Crippen LogP contribution in [-0.4, -0.2) is 34.2 Å². The summed E-state index contributed by atoms with van der Waals surface area (Å²) in [6.07, 6.45) is 1.86. The van der Waals surface area contributed by atoms with Crippen molar-refractivity contribution in [2.24, 2.45) is 0 Å². The third-order valence-electron chi connectivity index (χ3n) is 5.41. The lowest BCUT2D eigenvalue weighted by Crippen LogP contribution is -2.29. The molecular weight excluding hydrogens is 431 g/mol. The van der Waals surface area contributed by atoms with Gasteiger partial charge in [0.15, 0.2) is 0 Å². The largest absolute Gasteiger partial charge is 0.497 e. The Hall–Kier alpha value is -3.36. The number of aromatic nitrogens is 1. The second-order valence-corrected chi connectivity index (χ2v) is 9.00. The van der Waals surface area contributed by atoms with Crippen molar-refractivity contribution >= 4 is 20.9 Å². The predicted molar refractivity (Wildman–Crippen MR) is 121 cm³/mol. The van der Waals surface area contributed by atoms with E-state index in [9.17, 15) is 12.8 Å². The molecule has 2 N–H and O–H groups in total. The van der Waals surface area contributed by atoms with Crippen molar-refractivity contribution in [2.45, 2.75) is 10.8 Å². The van der Waals surface area contributed by atoms with Crippen LogP contribution in [0.4, 0.5) is 4.39 Å². The number of aromatic amines is 1. The van der Waals surface area contributed by atoms with Gasteiger partial charge in [0, 0.05) is 35.6 Å². The number of H-pyrrole nitrogens is 1. The number of para-hydroxylation sites is 1. The number of benzene rings is 3. The summed E-state index contributed by atoms with van der Waals surface area (Å²) in [6, 6.07) is 18.4. The molecule has 4 aromatic rings. The van der Waals surface area contributed by atoms with E-state index < -0.39 is 10.0 Å². The molecule has 0 spiro atoms. The van der Waals surface area contributed by atoms with Crippen LogP contribution >= 0.6 is 0 Å². The highest BCUT2D eigenvalue weighted by Crippen LogP contribution is 2.32. The summed E-state index contributed by atoms with van der Waals surface area (Å²) in [7, 11) is -1.05. The van der Waals surface area contributed by atoms with Crippen molar-refractivity contribution in [3.8, 4) is 11.5 Å². The van der Waals surface area contributed by atoms with Gasteiger partial charge in [-0.05, 0) is 41.5 Å². The van der Waals surface area contributed by atoms with Crippen molar-refractivity contribution in [2.75, 3.05) is 20.8 Å². The van der Waals surface area contributed by atoms with E-state index in [-0.39, 0.29) is 28.9 Å². The van der Waals surface area contributed by atoms with Crippen LogP contribution in [0, 0.1) is 5.82 Å². The van der Waals surface area contributed by atoms with Crippen LogP contribution in [0.15, 0.2) is 77.8 Å². The zero-order chi connectivity index (χ0) is 22.7. The molecule has 3 aromatic carbocycles. The minimum atomic E-state index is -3.93. The molecule has 4 rings (SSSR count). The Bertz CT molecular complexity index is 1330. The molecule has 166 valence electrons. The van der Waals surface area contributed by atoms with E-state index in [2.05, 4.69) is 9.71 Å². The Balaban J connectivity index is 1.72. The number of halogens is 1. The first-order valence-electron chi connectivity index (χ1n) is 9.96. The van der Waals surface area contributed by atoms with E-state index in [4.69, 9.17) is 9.47 Å². The molecule has 1 aromatic heterocycles. The first-order valence-corrected chi connectivity index (χ1v) is 11.4. The van der Waals surface area contributed by atoms with Gasteiger partial charge in [-0.25, -0.2) is 17.5 Å². The van der Waals surface area contributed by atoms with Gasteiger partial charge in [-0.15, -0.1) is 0 Å². The normalized spacial score (nSPS) is 12.6. The van der Waals surface area contributed by atoms with E-state index in [1.54, 1.807) is 24.3 Å². The average Bonchev–Trinajstić information content (AvgIpc) is 3.24. The average molecular weight is 455 g/mol. The van der Waals surface area contributed by atoms with Crippen LogP contribution in [0.2, 0.25) is 0 Å². The number of nitrogens with one attached hydrogen (secondary N) is 2. The molecule has 0 amide bonds. The second-order valence-electron chi connectivity index (χ2n) is 7.26. The number of sulfonamides is 1. The Morgan fingerprint density at radius 1 is 1.00 bits per heavy atom. The molecule has 0 aliphatic carbocycles. The number of ether oxygens (including phenoxy) is 2. The van der Waals surface area contributed by atoms with Gasteiger partial charge < -0.3 is 14.5 Å². The summed E-state index contributed by atoms with van der Waals surface area (Å²) in [5.41, 5.74) is 2.64. The highest BCUT2D eigenvalue weighted by Gasteiger charge is 2.25. The zero-order valence-electron chi connectivity index (χ0n) is 17.6. The van der Waals surface area contributed by atoms with Crippen LogP contribution < -0.4 is 14.2 Å². The molecule has 0 saturated carbocycles. The van der Waals surface area contributed by atoms with Crippen molar-refractivity contribution in [1.82, 2.24) is 9.71 Å². The fraction of sp³-hybridized carbons (Fsp3) is 0.167. The summed E-state index contributed by atoms with van der Waals surface area (Å²) in [6.45, 7) is 0.0657. The Morgan fingerprint density at radius 3 is 2.47 bits per heavy atom. The monoisotopic (exact) mass is 454 g/mol. The SMILES string of the molecule is COc1ccc(OC)c(S(=O)(=O)NCC(c2ccc(F)cc2)c2c[nH]c3ccccc23)c1. The van der Waals surface area contributed by atoms with E-state index in [0.717, 1.165) is 22.0 Å². The number of fused-ring (bicyclic) bond motifs is 1. The predicted octanol–water partition coefficient (Wildman–Crippen LogP) is 4.43. The molecule has 0 aliphatic heterocycles. The third-order valence-corrected chi connectivity index (χ3v) is 6.85. The lowest BCUT2D eigenvalue weighted by atomic mass is 9.91. The van der Waals surface area contributed by atoms with Crippen molar-refractivity contribution < 1.29 is 22.3 Å². The topological polar surface area (TPSA) is 80.4 Å². The molecule has 0 fully saturated rings. The van der Waals surface area contributed by atoms with E-state index in [1.165, 1.54) is 32.4 Å². The first-order chi connectivity index (χ1) is 15.4. The highest BCUT2D eigenvalue weighted by molar-refractivity contribution is 7.89. The summed E-state index contributed by atoms with van der Waals surface area (Å²) >= 11 is 0. The van der Waals surface area contributed by atoms with Gasteiger partial charge >= 0.3 is 0 Å². The Kier molecular flexibility index (Phi) is 6.16. The number of rotatable bonds is 8. The fourth-order valence-corrected chi connectivity index (χ4v) is 4.98. The number of hydrogen-bond acceptors (Lipinski definition) is 4. The maximum Gasteiger partial charge on any atom is 0.244 e. The molecule has 6 nitrogen and oxygen atoms in total. The first kappa shape index (κ1) is 21.9. The lowest BCUT2D eigenvalue weighted by Gasteiger charge is -2.19.